The molecule has 0 fully saturated rings. The normalized spacial score (nSPS) is 11.9. The first-order valence-corrected chi connectivity index (χ1v) is 7.46. The van der Waals surface area contributed by atoms with Gasteiger partial charge >= 0.3 is 5.97 Å². The Kier molecular flexibility index (Phi) is 6.51. The van der Waals surface area contributed by atoms with Crippen LogP contribution in [0.2, 0.25) is 0 Å². The predicted molar refractivity (Wildman–Crippen MR) is 80.2 cm³/mol. The molecule has 0 radical (unpaired) electrons. The van der Waals surface area contributed by atoms with Crippen molar-refractivity contribution in [3.05, 3.63) is 32.7 Å². The van der Waals surface area contributed by atoms with Gasteiger partial charge in [0.2, 0.25) is 0 Å². The number of carboxylic acid groups (broad SMARTS) is 1. The second-order valence-corrected chi connectivity index (χ2v) is 6.13. The Labute approximate surface area is 128 Å². The Hall–Kier alpha value is -0.880. The number of hydrogen-bond acceptors (Lipinski definition) is 2. The van der Waals surface area contributed by atoms with Crippen molar-refractivity contribution in [3.8, 4) is 0 Å². The van der Waals surface area contributed by atoms with E-state index in [0.29, 0.717) is 24.9 Å². The first kappa shape index (κ1) is 16.2. The van der Waals surface area contributed by atoms with Crippen LogP contribution in [0.15, 0.2) is 27.1 Å². The number of carbonyl (C=O) groups is 2. The summed E-state index contributed by atoms with van der Waals surface area (Å²) in [5.74, 6) is -1.34. The van der Waals surface area contributed by atoms with Crippen LogP contribution < -0.4 is 5.32 Å². The van der Waals surface area contributed by atoms with Crippen molar-refractivity contribution < 1.29 is 14.7 Å². The Morgan fingerprint density at radius 3 is 2.37 bits per heavy atom. The average Bonchev–Trinajstić information content (AvgIpc) is 2.32. The van der Waals surface area contributed by atoms with E-state index in [-0.39, 0.29) is 11.8 Å². The third-order valence-electron chi connectivity index (χ3n) is 2.65. The molecule has 1 atom stereocenters. The minimum absolute atomic E-state index is 0.162. The van der Waals surface area contributed by atoms with E-state index in [1.807, 2.05) is 6.07 Å². The summed E-state index contributed by atoms with van der Waals surface area (Å²) >= 11 is 6.65. The second kappa shape index (κ2) is 7.65. The van der Waals surface area contributed by atoms with Gasteiger partial charge < -0.3 is 10.4 Å². The van der Waals surface area contributed by atoms with Crippen molar-refractivity contribution in [2.24, 2.45) is 5.92 Å². The fraction of sp³-hybridized carbons (Fsp3) is 0.385. The maximum atomic E-state index is 11.9. The molecular weight excluding hydrogens is 378 g/mol. The van der Waals surface area contributed by atoms with Gasteiger partial charge in [-0.15, -0.1) is 0 Å². The zero-order valence-corrected chi connectivity index (χ0v) is 13.6. The van der Waals surface area contributed by atoms with Crippen LogP contribution in [-0.2, 0) is 4.79 Å². The van der Waals surface area contributed by atoms with Gasteiger partial charge in [0.15, 0.2) is 0 Å². The largest absolute Gasteiger partial charge is 0.481 e. The van der Waals surface area contributed by atoms with Crippen molar-refractivity contribution >= 4 is 43.7 Å². The lowest BCUT2D eigenvalue weighted by atomic mass is 10.1. The fourth-order valence-corrected chi connectivity index (χ4v) is 2.81. The summed E-state index contributed by atoms with van der Waals surface area (Å²) in [7, 11) is 0. The summed E-state index contributed by atoms with van der Waals surface area (Å²) in [6.45, 7) is 2.14. The van der Waals surface area contributed by atoms with Crippen LogP contribution in [0.3, 0.4) is 0 Å². The third-order valence-corrected chi connectivity index (χ3v) is 3.56. The summed E-state index contributed by atoms with van der Waals surface area (Å²) in [5, 5.41) is 11.5. The lowest BCUT2D eigenvalue weighted by molar-refractivity contribution is -0.141. The molecule has 2 N–H and O–H groups in total. The molecule has 6 heteroatoms. The molecule has 0 aromatic heterocycles. The van der Waals surface area contributed by atoms with E-state index in [4.69, 9.17) is 5.11 Å². The van der Waals surface area contributed by atoms with Crippen molar-refractivity contribution in [2.75, 3.05) is 6.54 Å². The molecule has 4 nitrogen and oxygen atoms in total. The van der Waals surface area contributed by atoms with Crippen molar-refractivity contribution in [1.29, 1.82) is 0 Å². The molecule has 1 aromatic rings. The van der Waals surface area contributed by atoms with E-state index in [1.165, 1.54) is 0 Å². The summed E-state index contributed by atoms with van der Waals surface area (Å²) in [6, 6.07) is 5.32. The number of carbonyl (C=O) groups excluding carboxylic acids is 1. The molecule has 0 aliphatic heterocycles. The SMILES string of the molecule is CC(CCCNC(=O)c1cc(Br)cc(Br)c1)C(=O)O. The van der Waals surface area contributed by atoms with Crippen molar-refractivity contribution in [1.82, 2.24) is 5.32 Å². The van der Waals surface area contributed by atoms with Gasteiger partial charge in [-0.2, -0.15) is 0 Å². The molecule has 1 rings (SSSR count). The number of halogens is 2. The van der Waals surface area contributed by atoms with E-state index >= 15 is 0 Å². The van der Waals surface area contributed by atoms with E-state index in [0.717, 1.165) is 8.95 Å². The van der Waals surface area contributed by atoms with E-state index < -0.39 is 5.97 Å². The molecule has 1 aromatic carbocycles. The lowest BCUT2D eigenvalue weighted by Gasteiger charge is -2.08. The predicted octanol–water partition coefficient (Wildman–Crippen LogP) is 3.44. The van der Waals surface area contributed by atoms with Gasteiger partial charge in [0, 0.05) is 21.1 Å². The van der Waals surface area contributed by atoms with Gasteiger partial charge in [-0.05, 0) is 31.0 Å². The molecule has 0 aliphatic rings. The first-order chi connectivity index (χ1) is 8.90. The van der Waals surface area contributed by atoms with Gasteiger partial charge in [-0.1, -0.05) is 38.8 Å². The number of benzene rings is 1. The number of hydrogen-bond donors (Lipinski definition) is 2. The van der Waals surface area contributed by atoms with E-state index in [9.17, 15) is 9.59 Å². The molecule has 0 heterocycles. The van der Waals surface area contributed by atoms with Crippen LogP contribution in [0.25, 0.3) is 0 Å². The minimum atomic E-state index is -0.803. The summed E-state index contributed by atoms with van der Waals surface area (Å²) in [5.41, 5.74) is 0.563. The highest BCUT2D eigenvalue weighted by Crippen LogP contribution is 2.20. The second-order valence-electron chi connectivity index (χ2n) is 4.30. The Bertz CT molecular complexity index is 457. The molecule has 104 valence electrons. The highest BCUT2D eigenvalue weighted by atomic mass is 79.9. The highest BCUT2D eigenvalue weighted by molar-refractivity contribution is 9.11. The van der Waals surface area contributed by atoms with Crippen LogP contribution in [0.1, 0.15) is 30.1 Å². The smallest absolute Gasteiger partial charge is 0.306 e. The van der Waals surface area contributed by atoms with Crippen LogP contribution in [0.5, 0.6) is 0 Å². The quantitative estimate of drug-likeness (QED) is 0.728. The zero-order chi connectivity index (χ0) is 14.4. The van der Waals surface area contributed by atoms with Crippen molar-refractivity contribution in [3.63, 3.8) is 0 Å². The molecular formula is C13H15Br2NO3. The number of amides is 1. The van der Waals surface area contributed by atoms with Gasteiger partial charge in [0.05, 0.1) is 5.92 Å². The zero-order valence-electron chi connectivity index (χ0n) is 10.5. The molecule has 1 amide bonds. The van der Waals surface area contributed by atoms with E-state index in [1.54, 1.807) is 19.1 Å². The molecule has 1 unspecified atom stereocenters. The fourth-order valence-electron chi connectivity index (χ4n) is 1.52. The monoisotopic (exact) mass is 391 g/mol. The van der Waals surface area contributed by atoms with Gasteiger partial charge in [0.25, 0.3) is 5.91 Å². The van der Waals surface area contributed by atoms with Crippen LogP contribution in [0, 0.1) is 5.92 Å². The highest BCUT2D eigenvalue weighted by Gasteiger charge is 2.11. The molecule has 0 saturated carbocycles. The van der Waals surface area contributed by atoms with Crippen LogP contribution in [0.4, 0.5) is 0 Å². The molecule has 0 bridgehead atoms. The van der Waals surface area contributed by atoms with Gasteiger partial charge in [-0.3, -0.25) is 9.59 Å². The lowest BCUT2D eigenvalue weighted by Crippen LogP contribution is -2.25. The number of carboxylic acids is 1. The number of nitrogens with one attached hydrogen (secondary N) is 1. The summed E-state index contributed by atoms with van der Waals surface area (Å²) < 4.78 is 1.65. The van der Waals surface area contributed by atoms with Crippen molar-refractivity contribution in [2.45, 2.75) is 19.8 Å². The third kappa shape index (κ3) is 5.74. The summed E-state index contributed by atoms with van der Waals surface area (Å²) in [4.78, 5) is 22.5. The van der Waals surface area contributed by atoms with Crippen LogP contribution in [-0.4, -0.2) is 23.5 Å². The van der Waals surface area contributed by atoms with Gasteiger partial charge in [-0.25, -0.2) is 0 Å². The van der Waals surface area contributed by atoms with Gasteiger partial charge in [0.1, 0.15) is 0 Å². The number of aliphatic carboxylic acids is 1. The maximum absolute atomic E-state index is 11.9. The van der Waals surface area contributed by atoms with E-state index in [2.05, 4.69) is 37.2 Å². The number of rotatable bonds is 6. The Balaban J connectivity index is 2.41. The average molecular weight is 393 g/mol. The Morgan fingerprint density at radius 1 is 1.26 bits per heavy atom. The summed E-state index contributed by atoms with van der Waals surface area (Å²) in [6.07, 6.45) is 1.20. The first-order valence-electron chi connectivity index (χ1n) is 5.87. The topological polar surface area (TPSA) is 66.4 Å². The molecule has 19 heavy (non-hydrogen) atoms. The molecule has 0 aliphatic carbocycles. The van der Waals surface area contributed by atoms with Crippen LogP contribution >= 0.6 is 31.9 Å². The minimum Gasteiger partial charge on any atom is -0.481 e. The maximum Gasteiger partial charge on any atom is 0.306 e. The molecule has 0 spiro atoms. The standard InChI is InChI=1S/C13H15Br2NO3/c1-8(13(18)19)3-2-4-16-12(17)9-5-10(14)7-11(15)6-9/h5-8H,2-4H2,1H3,(H,16,17)(H,18,19). The Morgan fingerprint density at radius 2 is 1.84 bits per heavy atom. The molecule has 0 saturated heterocycles.